The van der Waals surface area contributed by atoms with E-state index in [9.17, 15) is 0 Å². The average molecular weight is 240 g/mol. The molecule has 15 heavy (non-hydrogen) atoms. The Hall–Kier alpha value is -0.900. The van der Waals surface area contributed by atoms with E-state index >= 15 is 0 Å². The molecular weight excluding hydrogens is 230 g/mol. The highest BCUT2D eigenvalue weighted by Crippen LogP contribution is 2.28. The normalized spacial score (nSPS) is 10.6. The van der Waals surface area contributed by atoms with Gasteiger partial charge in [0.05, 0.1) is 11.5 Å². The summed E-state index contributed by atoms with van der Waals surface area (Å²) in [6.07, 6.45) is 1.69. The van der Waals surface area contributed by atoms with Crippen LogP contribution in [0.25, 0.3) is 10.6 Å². The summed E-state index contributed by atoms with van der Waals surface area (Å²) in [5.74, 6) is 0. The number of aryl methyl sites for hydroxylation is 1. The van der Waals surface area contributed by atoms with Crippen LogP contribution in [0.3, 0.4) is 0 Å². The first kappa shape index (κ1) is 10.6. The lowest BCUT2D eigenvalue weighted by Gasteiger charge is -2.00. The summed E-state index contributed by atoms with van der Waals surface area (Å²) in [6, 6.07) is 5.86. The van der Waals surface area contributed by atoms with E-state index in [-0.39, 0.29) is 6.61 Å². The molecular formula is C11H10ClNOS. The second-order valence-corrected chi connectivity index (χ2v) is 4.78. The second kappa shape index (κ2) is 4.31. The van der Waals surface area contributed by atoms with Gasteiger partial charge in [0.15, 0.2) is 0 Å². The highest BCUT2D eigenvalue weighted by molar-refractivity contribution is 7.15. The summed E-state index contributed by atoms with van der Waals surface area (Å²) in [6.45, 7) is 2.00. The number of aliphatic hydroxyl groups is 1. The van der Waals surface area contributed by atoms with Gasteiger partial charge in [-0.05, 0) is 18.6 Å². The fourth-order valence-electron chi connectivity index (χ4n) is 1.24. The van der Waals surface area contributed by atoms with E-state index < -0.39 is 0 Å². The largest absolute Gasteiger partial charge is 0.391 e. The van der Waals surface area contributed by atoms with Crippen molar-refractivity contribution in [2.45, 2.75) is 13.5 Å². The van der Waals surface area contributed by atoms with Crippen molar-refractivity contribution in [3.63, 3.8) is 0 Å². The zero-order chi connectivity index (χ0) is 10.8. The minimum Gasteiger partial charge on any atom is -0.391 e. The molecule has 0 aliphatic carbocycles. The number of halogens is 1. The Morgan fingerprint density at radius 1 is 1.47 bits per heavy atom. The first-order valence-corrected chi connectivity index (χ1v) is 5.72. The standard InChI is InChI=1S/C11H10ClNOS/c1-7-2-3-8(4-10(7)12)11-13-5-9(6-14)15-11/h2-5,14H,6H2,1H3. The molecule has 0 radical (unpaired) electrons. The molecule has 0 aliphatic rings. The minimum absolute atomic E-state index is 0.0389. The smallest absolute Gasteiger partial charge is 0.123 e. The number of benzene rings is 1. The third-order valence-corrected chi connectivity index (χ3v) is 3.57. The third kappa shape index (κ3) is 2.20. The molecule has 0 saturated heterocycles. The van der Waals surface area contributed by atoms with Crippen LogP contribution < -0.4 is 0 Å². The molecule has 2 rings (SSSR count). The van der Waals surface area contributed by atoms with E-state index in [1.165, 1.54) is 11.3 Å². The van der Waals surface area contributed by atoms with Crippen LogP contribution in [-0.4, -0.2) is 10.1 Å². The number of nitrogens with zero attached hydrogens (tertiary/aromatic N) is 1. The molecule has 0 saturated carbocycles. The van der Waals surface area contributed by atoms with Gasteiger partial charge in [-0.15, -0.1) is 11.3 Å². The maximum Gasteiger partial charge on any atom is 0.123 e. The van der Waals surface area contributed by atoms with Crippen LogP contribution in [0.15, 0.2) is 24.4 Å². The van der Waals surface area contributed by atoms with Crippen LogP contribution in [0.1, 0.15) is 10.4 Å². The van der Waals surface area contributed by atoms with Crippen LogP contribution in [0, 0.1) is 6.92 Å². The molecule has 0 aliphatic heterocycles. The zero-order valence-electron chi connectivity index (χ0n) is 8.20. The highest BCUT2D eigenvalue weighted by atomic mass is 35.5. The maximum atomic E-state index is 8.94. The Bertz CT molecular complexity index is 481. The molecule has 1 N–H and O–H groups in total. The molecule has 1 aromatic carbocycles. The van der Waals surface area contributed by atoms with Crippen molar-refractivity contribution < 1.29 is 5.11 Å². The lowest BCUT2D eigenvalue weighted by molar-refractivity contribution is 0.285. The first-order chi connectivity index (χ1) is 7.20. The average Bonchev–Trinajstić information content (AvgIpc) is 2.70. The highest BCUT2D eigenvalue weighted by Gasteiger charge is 2.05. The number of aromatic nitrogens is 1. The molecule has 0 spiro atoms. The SMILES string of the molecule is Cc1ccc(-c2ncc(CO)s2)cc1Cl. The van der Waals surface area contributed by atoms with Gasteiger partial charge in [0.1, 0.15) is 5.01 Å². The van der Waals surface area contributed by atoms with Crippen molar-refractivity contribution in [1.29, 1.82) is 0 Å². The van der Waals surface area contributed by atoms with Crippen molar-refractivity contribution in [2.24, 2.45) is 0 Å². The van der Waals surface area contributed by atoms with Gasteiger partial charge in [-0.1, -0.05) is 23.7 Å². The van der Waals surface area contributed by atoms with Gasteiger partial charge in [-0.2, -0.15) is 0 Å². The molecule has 1 heterocycles. The van der Waals surface area contributed by atoms with Gasteiger partial charge in [0.2, 0.25) is 0 Å². The van der Waals surface area contributed by atoms with Gasteiger partial charge in [0, 0.05) is 16.8 Å². The van der Waals surface area contributed by atoms with Crippen molar-refractivity contribution in [3.05, 3.63) is 39.9 Å². The Balaban J connectivity index is 2.40. The maximum absolute atomic E-state index is 8.94. The lowest BCUT2D eigenvalue weighted by atomic mass is 10.1. The molecule has 0 fully saturated rings. The summed E-state index contributed by atoms with van der Waals surface area (Å²) in [4.78, 5) is 5.09. The topological polar surface area (TPSA) is 33.1 Å². The van der Waals surface area contributed by atoms with Crippen molar-refractivity contribution in [2.75, 3.05) is 0 Å². The number of hydrogen-bond donors (Lipinski definition) is 1. The van der Waals surface area contributed by atoms with E-state index in [1.807, 2.05) is 25.1 Å². The predicted molar refractivity (Wildman–Crippen MR) is 63.2 cm³/mol. The summed E-state index contributed by atoms with van der Waals surface area (Å²) in [5.41, 5.74) is 2.05. The zero-order valence-corrected chi connectivity index (χ0v) is 9.77. The quantitative estimate of drug-likeness (QED) is 0.873. The van der Waals surface area contributed by atoms with Crippen LogP contribution in [0.5, 0.6) is 0 Å². The van der Waals surface area contributed by atoms with Crippen molar-refractivity contribution in [1.82, 2.24) is 4.98 Å². The second-order valence-electron chi connectivity index (χ2n) is 3.25. The minimum atomic E-state index is 0.0389. The monoisotopic (exact) mass is 239 g/mol. The Labute approximate surface area is 97.2 Å². The summed E-state index contributed by atoms with van der Waals surface area (Å²) in [5, 5.41) is 10.6. The fourth-order valence-corrected chi connectivity index (χ4v) is 2.19. The molecule has 78 valence electrons. The van der Waals surface area contributed by atoms with E-state index in [0.29, 0.717) is 0 Å². The number of rotatable bonds is 2. The van der Waals surface area contributed by atoms with E-state index in [2.05, 4.69) is 4.98 Å². The summed E-state index contributed by atoms with van der Waals surface area (Å²) >= 11 is 7.51. The van der Waals surface area contributed by atoms with Crippen LogP contribution >= 0.6 is 22.9 Å². The number of thiazole rings is 1. The van der Waals surface area contributed by atoms with Gasteiger partial charge in [-0.3, -0.25) is 0 Å². The van der Waals surface area contributed by atoms with E-state index in [0.717, 1.165) is 26.0 Å². The van der Waals surface area contributed by atoms with Crippen LogP contribution in [-0.2, 0) is 6.61 Å². The van der Waals surface area contributed by atoms with Crippen LogP contribution in [0.4, 0.5) is 0 Å². The Morgan fingerprint density at radius 3 is 2.87 bits per heavy atom. The predicted octanol–water partition coefficient (Wildman–Crippen LogP) is 3.26. The van der Waals surface area contributed by atoms with Crippen LogP contribution in [0.2, 0.25) is 5.02 Å². The van der Waals surface area contributed by atoms with Gasteiger partial charge >= 0.3 is 0 Å². The van der Waals surface area contributed by atoms with E-state index in [1.54, 1.807) is 6.20 Å². The molecule has 2 nitrogen and oxygen atoms in total. The summed E-state index contributed by atoms with van der Waals surface area (Å²) in [7, 11) is 0. The molecule has 4 heteroatoms. The Kier molecular flexibility index (Phi) is 3.05. The van der Waals surface area contributed by atoms with Crippen molar-refractivity contribution in [3.8, 4) is 10.6 Å². The van der Waals surface area contributed by atoms with E-state index in [4.69, 9.17) is 16.7 Å². The van der Waals surface area contributed by atoms with Gasteiger partial charge in [-0.25, -0.2) is 4.98 Å². The lowest BCUT2D eigenvalue weighted by Crippen LogP contribution is -1.78. The molecule has 0 amide bonds. The molecule has 0 bridgehead atoms. The van der Waals surface area contributed by atoms with Crippen molar-refractivity contribution >= 4 is 22.9 Å². The van der Waals surface area contributed by atoms with Gasteiger partial charge in [0.25, 0.3) is 0 Å². The fraction of sp³-hybridized carbons (Fsp3) is 0.182. The third-order valence-electron chi connectivity index (χ3n) is 2.13. The summed E-state index contributed by atoms with van der Waals surface area (Å²) < 4.78 is 0. The first-order valence-electron chi connectivity index (χ1n) is 4.53. The Morgan fingerprint density at radius 2 is 2.27 bits per heavy atom. The number of aliphatic hydroxyl groups excluding tert-OH is 1. The molecule has 0 atom stereocenters. The number of hydrogen-bond acceptors (Lipinski definition) is 3. The molecule has 2 aromatic rings. The molecule has 0 unspecified atom stereocenters. The van der Waals surface area contributed by atoms with Gasteiger partial charge < -0.3 is 5.11 Å². The molecule has 1 aromatic heterocycles.